The van der Waals surface area contributed by atoms with E-state index >= 15 is 0 Å². The molecule has 18 heavy (non-hydrogen) atoms. The first-order valence-electron chi connectivity index (χ1n) is 5.55. The molecule has 1 rings (SSSR count). The number of rotatable bonds is 2. The van der Waals surface area contributed by atoms with E-state index in [-0.39, 0.29) is 11.0 Å². The maximum Gasteiger partial charge on any atom is 0.416 e. The average Bonchev–Trinajstić information content (AvgIpc) is 2.12. The van der Waals surface area contributed by atoms with Gasteiger partial charge in [0.15, 0.2) is 0 Å². The lowest BCUT2D eigenvalue weighted by molar-refractivity contribution is -0.137. The van der Waals surface area contributed by atoms with Crippen LogP contribution in [-0.2, 0) is 6.18 Å². The molecule has 4 heteroatoms. The second-order valence-electron chi connectivity index (χ2n) is 5.53. The van der Waals surface area contributed by atoms with Gasteiger partial charge < -0.3 is 0 Å². The maximum absolute atomic E-state index is 13.6. The Bertz CT molecular complexity index is 450. The van der Waals surface area contributed by atoms with Crippen LogP contribution in [-0.4, -0.2) is 0 Å². The van der Waals surface area contributed by atoms with Crippen molar-refractivity contribution in [2.75, 3.05) is 0 Å². The molecule has 0 unspecified atom stereocenters. The first-order valence-corrected chi connectivity index (χ1v) is 5.55. The van der Waals surface area contributed by atoms with Gasteiger partial charge in [-0.2, -0.15) is 13.2 Å². The van der Waals surface area contributed by atoms with Crippen molar-refractivity contribution < 1.29 is 17.6 Å². The highest BCUT2D eigenvalue weighted by Crippen LogP contribution is 2.34. The number of hydrogen-bond donors (Lipinski definition) is 0. The van der Waals surface area contributed by atoms with Crippen LogP contribution in [0, 0.1) is 11.2 Å². The quantitative estimate of drug-likeness (QED) is 0.633. The fraction of sp³-hybridized carbons (Fsp3) is 0.429. The van der Waals surface area contributed by atoms with Crippen LogP contribution < -0.4 is 0 Å². The van der Waals surface area contributed by atoms with E-state index in [1.807, 2.05) is 20.8 Å². The van der Waals surface area contributed by atoms with E-state index < -0.39 is 17.6 Å². The van der Waals surface area contributed by atoms with Crippen molar-refractivity contribution in [2.45, 2.75) is 33.4 Å². The van der Waals surface area contributed by atoms with Crippen LogP contribution >= 0.6 is 0 Å². The Morgan fingerprint density at radius 2 is 1.72 bits per heavy atom. The number of halogens is 4. The molecule has 0 fully saturated rings. The Morgan fingerprint density at radius 1 is 1.17 bits per heavy atom. The molecule has 0 aliphatic carbocycles. The molecular formula is C14H16F4. The third kappa shape index (κ3) is 3.86. The number of allylic oxidation sites excluding steroid dienone is 1. The Hall–Kier alpha value is -1.32. The van der Waals surface area contributed by atoms with Crippen molar-refractivity contribution in [2.24, 2.45) is 5.41 Å². The summed E-state index contributed by atoms with van der Waals surface area (Å²) in [6.07, 6.45) is -4.00. The zero-order chi connectivity index (χ0) is 14.1. The largest absolute Gasteiger partial charge is 0.416 e. The van der Waals surface area contributed by atoms with E-state index in [9.17, 15) is 17.6 Å². The Morgan fingerprint density at radius 3 is 2.11 bits per heavy atom. The molecule has 0 saturated heterocycles. The van der Waals surface area contributed by atoms with E-state index in [2.05, 4.69) is 6.58 Å². The highest BCUT2D eigenvalue weighted by atomic mass is 19.4. The molecule has 0 saturated carbocycles. The van der Waals surface area contributed by atoms with E-state index in [0.717, 1.165) is 12.1 Å². The highest BCUT2D eigenvalue weighted by Gasteiger charge is 2.31. The number of hydrogen-bond acceptors (Lipinski definition) is 0. The summed E-state index contributed by atoms with van der Waals surface area (Å²) in [7, 11) is 0. The van der Waals surface area contributed by atoms with Crippen molar-refractivity contribution >= 4 is 5.57 Å². The minimum absolute atomic E-state index is 0.0910. The average molecular weight is 260 g/mol. The van der Waals surface area contributed by atoms with Gasteiger partial charge in [-0.05, 0) is 29.5 Å². The molecule has 0 aliphatic heterocycles. The van der Waals surface area contributed by atoms with Gasteiger partial charge in [0.05, 0.1) is 5.56 Å². The van der Waals surface area contributed by atoms with E-state index in [1.165, 1.54) is 0 Å². The topological polar surface area (TPSA) is 0 Å². The summed E-state index contributed by atoms with van der Waals surface area (Å²) in [4.78, 5) is 0. The molecule has 100 valence electrons. The van der Waals surface area contributed by atoms with E-state index in [1.54, 1.807) is 0 Å². The molecule has 0 bridgehead atoms. The molecule has 0 aliphatic rings. The normalized spacial score (nSPS) is 12.6. The number of benzene rings is 1. The van der Waals surface area contributed by atoms with Crippen LogP contribution in [0.25, 0.3) is 5.57 Å². The van der Waals surface area contributed by atoms with Gasteiger partial charge in [0.25, 0.3) is 0 Å². The van der Waals surface area contributed by atoms with Gasteiger partial charge in [-0.25, -0.2) is 4.39 Å². The molecule has 0 aromatic heterocycles. The lowest BCUT2D eigenvalue weighted by Gasteiger charge is -2.20. The lowest BCUT2D eigenvalue weighted by Crippen LogP contribution is -2.08. The molecule has 1 aromatic rings. The summed E-state index contributed by atoms with van der Waals surface area (Å²) in [5, 5.41) is 0. The van der Waals surface area contributed by atoms with Crippen molar-refractivity contribution in [3.8, 4) is 0 Å². The Labute approximate surface area is 104 Å². The van der Waals surface area contributed by atoms with Crippen molar-refractivity contribution in [3.63, 3.8) is 0 Å². The SMILES string of the molecule is C=C(CC(C)(C)C)c1ccc(C(F)(F)F)cc1F. The Balaban J connectivity index is 3.03. The summed E-state index contributed by atoms with van der Waals surface area (Å²) in [6.45, 7) is 9.62. The van der Waals surface area contributed by atoms with Crippen molar-refractivity contribution in [1.29, 1.82) is 0 Å². The van der Waals surface area contributed by atoms with E-state index in [4.69, 9.17) is 0 Å². The van der Waals surface area contributed by atoms with Crippen molar-refractivity contribution in [3.05, 3.63) is 41.7 Å². The molecular weight excluding hydrogens is 244 g/mol. The van der Waals surface area contributed by atoms with Crippen LogP contribution in [0.15, 0.2) is 24.8 Å². The molecule has 0 atom stereocenters. The lowest BCUT2D eigenvalue weighted by atomic mass is 9.85. The molecule has 0 nitrogen and oxygen atoms in total. The highest BCUT2D eigenvalue weighted by molar-refractivity contribution is 5.64. The summed E-state index contributed by atoms with van der Waals surface area (Å²) < 4.78 is 50.8. The van der Waals surface area contributed by atoms with Crippen LogP contribution in [0.4, 0.5) is 17.6 Å². The molecule has 0 spiro atoms. The minimum Gasteiger partial charge on any atom is -0.206 e. The third-order valence-corrected chi connectivity index (χ3v) is 2.42. The van der Waals surface area contributed by atoms with Crippen LogP contribution in [0.1, 0.15) is 38.3 Å². The standard InChI is InChI=1S/C14H16F4/c1-9(8-13(2,3)4)11-6-5-10(7-12(11)15)14(16,17)18/h5-7H,1,8H2,2-4H3. The molecule has 0 amide bonds. The maximum atomic E-state index is 13.6. The van der Waals surface area contributed by atoms with Gasteiger partial charge >= 0.3 is 6.18 Å². The fourth-order valence-corrected chi connectivity index (χ4v) is 1.71. The third-order valence-electron chi connectivity index (χ3n) is 2.42. The molecule has 0 radical (unpaired) electrons. The molecule has 1 aromatic carbocycles. The van der Waals surface area contributed by atoms with Gasteiger partial charge in [0.1, 0.15) is 5.82 Å². The summed E-state index contributed by atoms with van der Waals surface area (Å²) in [5.74, 6) is -0.876. The predicted octanol–water partition coefficient (Wildman–Crippen LogP) is 5.29. The minimum atomic E-state index is -4.52. The fourth-order valence-electron chi connectivity index (χ4n) is 1.71. The van der Waals surface area contributed by atoms with Crippen molar-refractivity contribution in [1.82, 2.24) is 0 Å². The van der Waals surface area contributed by atoms with Gasteiger partial charge in [0.2, 0.25) is 0 Å². The monoisotopic (exact) mass is 260 g/mol. The van der Waals surface area contributed by atoms with Gasteiger partial charge in [-0.1, -0.05) is 33.4 Å². The zero-order valence-electron chi connectivity index (χ0n) is 10.7. The Kier molecular flexibility index (Phi) is 3.89. The van der Waals surface area contributed by atoms with E-state index in [0.29, 0.717) is 18.1 Å². The van der Waals surface area contributed by atoms with Gasteiger partial charge in [-0.3, -0.25) is 0 Å². The molecule has 0 heterocycles. The first kappa shape index (κ1) is 14.7. The van der Waals surface area contributed by atoms with Gasteiger partial charge in [-0.15, -0.1) is 0 Å². The number of alkyl halides is 3. The second-order valence-corrected chi connectivity index (χ2v) is 5.53. The predicted molar refractivity (Wildman–Crippen MR) is 64.5 cm³/mol. The first-order chi connectivity index (χ1) is 8.00. The molecule has 0 N–H and O–H groups in total. The smallest absolute Gasteiger partial charge is 0.206 e. The summed E-state index contributed by atoms with van der Waals surface area (Å²) >= 11 is 0. The summed E-state index contributed by atoms with van der Waals surface area (Å²) in [5.41, 5.74) is -0.411. The van der Waals surface area contributed by atoms with Crippen LogP contribution in [0.3, 0.4) is 0 Å². The summed E-state index contributed by atoms with van der Waals surface area (Å²) in [6, 6.07) is 2.54. The second kappa shape index (κ2) is 4.75. The zero-order valence-corrected chi connectivity index (χ0v) is 10.7. The van der Waals surface area contributed by atoms with Crippen LogP contribution in [0.5, 0.6) is 0 Å². The van der Waals surface area contributed by atoms with Crippen LogP contribution in [0.2, 0.25) is 0 Å². The van der Waals surface area contributed by atoms with Gasteiger partial charge in [0, 0.05) is 5.56 Å².